The minimum Gasteiger partial charge on any atom is -0.359 e. The molecule has 146 valence electrons. The quantitative estimate of drug-likeness (QED) is 0.395. The monoisotopic (exact) mass is 391 g/mol. The number of nitrogens with one attached hydrogen (secondary N) is 1. The van der Waals surface area contributed by atoms with Crippen molar-refractivity contribution in [3.63, 3.8) is 0 Å². The molecule has 29 heavy (non-hydrogen) atoms. The van der Waals surface area contributed by atoms with Crippen molar-refractivity contribution in [3.05, 3.63) is 92.5 Å². The SMILES string of the molecule is Cc1cc(C)c(/C=C2\C(=O)N(Cc3cccc(F)c3)c3ccc([N+](=O)[O-])cc32)[nH]1. The number of carbonyl (C=O) groups is 1. The number of aromatic amines is 1. The molecule has 0 spiro atoms. The number of H-pyrrole nitrogens is 1. The highest BCUT2D eigenvalue weighted by Gasteiger charge is 2.34. The fourth-order valence-electron chi connectivity index (χ4n) is 3.62. The molecule has 0 fully saturated rings. The summed E-state index contributed by atoms with van der Waals surface area (Å²) in [6.45, 7) is 4.01. The highest BCUT2D eigenvalue weighted by molar-refractivity contribution is 6.35. The molecule has 1 N–H and O–H groups in total. The van der Waals surface area contributed by atoms with E-state index in [-0.39, 0.29) is 24.0 Å². The van der Waals surface area contributed by atoms with E-state index in [4.69, 9.17) is 0 Å². The van der Waals surface area contributed by atoms with E-state index in [1.807, 2.05) is 19.9 Å². The summed E-state index contributed by atoms with van der Waals surface area (Å²) in [7, 11) is 0. The Balaban J connectivity index is 1.83. The lowest BCUT2D eigenvalue weighted by Gasteiger charge is -2.17. The van der Waals surface area contributed by atoms with Crippen LogP contribution in [-0.4, -0.2) is 15.8 Å². The first-order chi connectivity index (χ1) is 13.8. The number of hydrogen-bond acceptors (Lipinski definition) is 3. The Kier molecular flexibility index (Phi) is 4.50. The molecule has 2 heterocycles. The highest BCUT2D eigenvalue weighted by atomic mass is 19.1. The normalized spacial score (nSPS) is 14.5. The number of aryl methyl sites for hydroxylation is 2. The maximum atomic E-state index is 13.6. The van der Waals surface area contributed by atoms with Crippen LogP contribution in [0.3, 0.4) is 0 Å². The Labute approximate surface area is 166 Å². The fourth-order valence-corrected chi connectivity index (χ4v) is 3.62. The zero-order chi connectivity index (χ0) is 20.7. The van der Waals surface area contributed by atoms with Crippen LogP contribution in [0, 0.1) is 29.8 Å². The smallest absolute Gasteiger partial charge is 0.270 e. The minimum atomic E-state index is -0.484. The maximum absolute atomic E-state index is 13.6. The van der Waals surface area contributed by atoms with Crippen molar-refractivity contribution >= 4 is 28.9 Å². The Morgan fingerprint density at radius 1 is 1.17 bits per heavy atom. The molecule has 1 aliphatic rings. The van der Waals surface area contributed by atoms with Gasteiger partial charge in [-0.1, -0.05) is 12.1 Å². The number of anilines is 1. The molecule has 0 saturated carbocycles. The second-order valence-electron chi connectivity index (χ2n) is 7.09. The zero-order valence-corrected chi connectivity index (χ0v) is 15.9. The summed E-state index contributed by atoms with van der Waals surface area (Å²) in [5, 5.41) is 11.3. The molecule has 0 aliphatic carbocycles. The Morgan fingerprint density at radius 3 is 2.62 bits per heavy atom. The van der Waals surface area contributed by atoms with Gasteiger partial charge in [0.25, 0.3) is 11.6 Å². The molecule has 0 radical (unpaired) electrons. The van der Waals surface area contributed by atoms with Gasteiger partial charge in [0.2, 0.25) is 0 Å². The lowest BCUT2D eigenvalue weighted by Crippen LogP contribution is -2.25. The molecule has 7 heteroatoms. The van der Waals surface area contributed by atoms with E-state index in [2.05, 4.69) is 4.98 Å². The third-order valence-electron chi connectivity index (χ3n) is 4.96. The van der Waals surface area contributed by atoms with Crippen LogP contribution in [0.4, 0.5) is 15.8 Å². The molecule has 0 saturated heterocycles. The number of non-ortho nitro benzene ring substituents is 1. The molecule has 1 amide bonds. The van der Waals surface area contributed by atoms with Gasteiger partial charge in [-0.05, 0) is 55.3 Å². The maximum Gasteiger partial charge on any atom is 0.270 e. The topological polar surface area (TPSA) is 79.2 Å². The first kappa shape index (κ1) is 18.6. The fraction of sp³-hybridized carbons (Fsp3) is 0.136. The lowest BCUT2D eigenvalue weighted by molar-refractivity contribution is -0.384. The summed E-state index contributed by atoms with van der Waals surface area (Å²) in [4.78, 5) is 28.7. The summed E-state index contributed by atoms with van der Waals surface area (Å²) < 4.78 is 13.6. The van der Waals surface area contributed by atoms with E-state index >= 15 is 0 Å². The molecular weight excluding hydrogens is 373 g/mol. The molecular formula is C22H18FN3O3. The summed E-state index contributed by atoms with van der Waals surface area (Å²) >= 11 is 0. The summed E-state index contributed by atoms with van der Waals surface area (Å²) in [5.74, 6) is -0.664. The van der Waals surface area contributed by atoms with Gasteiger partial charge in [-0.3, -0.25) is 14.9 Å². The summed E-state index contributed by atoms with van der Waals surface area (Å²) in [6, 6.07) is 12.4. The van der Waals surface area contributed by atoms with Crippen LogP contribution < -0.4 is 4.90 Å². The van der Waals surface area contributed by atoms with Gasteiger partial charge in [0.15, 0.2) is 0 Å². The Bertz CT molecular complexity index is 1180. The van der Waals surface area contributed by atoms with E-state index in [9.17, 15) is 19.3 Å². The number of hydrogen-bond donors (Lipinski definition) is 1. The van der Waals surface area contributed by atoms with Gasteiger partial charge < -0.3 is 9.88 Å². The lowest BCUT2D eigenvalue weighted by atomic mass is 10.0. The molecule has 0 bridgehead atoms. The van der Waals surface area contributed by atoms with Gasteiger partial charge in [0, 0.05) is 29.1 Å². The van der Waals surface area contributed by atoms with Crippen molar-refractivity contribution in [2.75, 3.05) is 4.90 Å². The van der Waals surface area contributed by atoms with E-state index in [0.29, 0.717) is 22.4 Å². The van der Waals surface area contributed by atoms with Crippen molar-refractivity contribution in [3.8, 4) is 0 Å². The second-order valence-corrected chi connectivity index (χ2v) is 7.09. The van der Waals surface area contributed by atoms with E-state index in [1.165, 1.54) is 29.2 Å². The summed E-state index contributed by atoms with van der Waals surface area (Å²) in [6.07, 6.45) is 1.72. The number of benzene rings is 2. The zero-order valence-electron chi connectivity index (χ0n) is 15.9. The Morgan fingerprint density at radius 2 is 1.97 bits per heavy atom. The van der Waals surface area contributed by atoms with Crippen LogP contribution in [0.15, 0.2) is 48.5 Å². The average molecular weight is 391 g/mol. The van der Waals surface area contributed by atoms with E-state index in [1.54, 1.807) is 24.3 Å². The van der Waals surface area contributed by atoms with Gasteiger partial charge in [0.05, 0.1) is 22.7 Å². The highest BCUT2D eigenvalue weighted by Crippen LogP contribution is 2.40. The van der Waals surface area contributed by atoms with Crippen LogP contribution in [-0.2, 0) is 11.3 Å². The number of carbonyl (C=O) groups excluding carboxylic acids is 1. The molecule has 1 aromatic heterocycles. The first-order valence-electron chi connectivity index (χ1n) is 9.06. The average Bonchev–Trinajstić information content (AvgIpc) is 3.12. The van der Waals surface area contributed by atoms with Crippen molar-refractivity contribution < 1.29 is 14.1 Å². The van der Waals surface area contributed by atoms with Gasteiger partial charge in [0.1, 0.15) is 5.82 Å². The first-order valence-corrected chi connectivity index (χ1v) is 9.06. The van der Waals surface area contributed by atoms with Crippen LogP contribution in [0.2, 0.25) is 0 Å². The largest absolute Gasteiger partial charge is 0.359 e. The van der Waals surface area contributed by atoms with Crippen molar-refractivity contribution in [2.24, 2.45) is 0 Å². The molecule has 0 unspecified atom stereocenters. The number of nitro groups is 1. The van der Waals surface area contributed by atoms with Crippen LogP contribution in [0.1, 0.15) is 28.1 Å². The third kappa shape index (κ3) is 3.42. The van der Waals surface area contributed by atoms with Crippen LogP contribution in [0.25, 0.3) is 11.6 Å². The van der Waals surface area contributed by atoms with Gasteiger partial charge in [-0.25, -0.2) is 4.39 Å². The van der Waals surface area contributed by atoms with Crippen LogP contribution in [0.5, 0.6) is 0 Å². The van der Waals surface area contributed by atoms with Gasteiger partial charge in [-0.2, -0.15) is 0 Å². The van der Waals surface area contributed by atoms with Crippen molar-refractivity contribution in [2.45, 2.75) is 20.4 Å². The standard InChI is InChI=1S/C22H18FN3O3/c1-13-8-14(2)24-20(13)11-19-18-10-17(26(28)29)6-7-21(18)25(22(19)27)12-15-4-3-5-16(23)9-15/h3-11,24H,12H2,1-2H3/b19-11-. The number of fused-ring (bicyclic) bond motifs is 1. The minimum absolute atomic E-state index is 0.0885. The molecule has 4 rings (SSSR count). The molecule has 2 aromatic carbocycles. The predicted molar refractivity (Wildman–Crippen MR) is 109 cm³/mol. The third-order valence-corrected chi connectivity index (χ3v) is 4.96. The molecule has 0 atom stereocenters. The number of amides is 1. The number of rotatable bonds is 4. The number of aromatic nitrogens is 1. The number of nitrogens with zero attached hydrogens (tertiary/aromatic N) is 2. The van der Waals surface area contributed by atoms with E-state index in [0.717, 1.165) is 17.0 Å². The molecule has 1 aliphatic heterocycles. The van der Waals surface area contributed by atoms with Crippen molar-refractivity contribution in [1.29, 1.82) is 0 Å². The predicted octanol–water partition coefficient (Wildman–Crippen LogP) is 4.77. The summed E-state index contributed by atoms with van der Waals surface area (Å²) in [5.41, 5.74) is 4.67. The van der Waals surface area contributed by atoms with Gasteiger partial charge >= 0.3 is 0 Å². The number of halogens is 1. The molecule has 3 aromatic rings. The van der Waals surface area contributed by atoms with Gasteiger partial charge in [-0.15, -0.1) is 0 Å². The van der Waals surface area contributed by atoms with Crippen LogP contribution >= 0.6 is 0 Å². The van der Waals surface area contributed by atoms with E-state index < -0.39 is 4.92 Å². The molecule has 6 nitrogen and oxygen atoms in total. The number of nitro benzene ring substituents is 1. The van der Waals surface area contributed by atoms with Crippen molar-refractivity contribution in [1.82, 2.24) is 4.98 Å². The second kappa shape index (κ2) is 7.01. The Hall–Kier alpha value is -3.74.